The number of hydrogen-bond acceptors (Lipinski definition) is 3. The average molecular weight is 368 g/mol. The number of nitrogens with zero attached hydrogens (tertiary/aromatic N) is 2. The highest BCUT2D eigenvalue weighted by molar-refractivity contribution is 5.92. The molecule has 27 heavy (non-hydrogen) atoms. The summed E-state index contributed by atoms with van der Waals surface area (Å²) in [7, 11) is 1.80. The molecule has 0 saturated heterocycles. The van der Waals surface area contributed by atoms with Gasteiger partial charge in [-0.15, -0.1) is 0 Å². The largest absolute Gasteiger partial charge is 0.452 e. The van der Waals surface area contributed by atoms with Crippen molar-refractivity contribution in [3.05, 3.63) is 58.4 Å². The van der Waals surface area contributed by atoms with E-state index in [-0.39, 0.29) is 18.6 Å². The van der Waals surface area contributed by atoms with Crippen LogP contribution in [-0.2, 0) is 22.5 Å². The fraction of sp³-hybridized carbons (Fsp3) is 0.455. The fourth-order valence-corrected chi connectivity index (χ4v) is 4.11. The van der Waals surface area contributed by atoms with Crippen LogP contribution in [0.5, 0.6) is 0 Å². The van der Waals surface area contributed by atoms with Crippen molar-refractivity contribution in [2.75, 3.05) is 13.7 Å². The van der Waals surface area contributed by atoms with E-state index in [9.17, 15) is 9.59 Å². The molecular weight excluding hydrogens is 340 g/mol. The van der Waals surface area contributed by atoms with Gasteiger partial charge in [-0.05, 0) is 57.2 Å². The first-order chi connectivity index (χ1) is 12.9. The molecule has 1 aromatic carbocycles. The number of fused-ring (bicyclic) bond motifs is 1. The zero-order valence-electron chi connectivity index (χ0n) is 16.6. The van der Waals surface area contributed by atoms with Crippen LogP contribution in [-0.4, -0.2) is 35.0 Å². The monoisotopic (exact) mass is 368 g/mol. The van der Waals surface area contributed by atoms with E-state index < -0.39 is 5.97 Å². The van der Waals surface area contributed by atoms with Gasteiger partial charge < -0.3 is 14.2 Å². The van der Waals surface area contributed by atoms with Crippen molar-refractivity contribution in [2.24, 2.45) is 0 Å². The summed E-state index contributed by atoms with van der Waals surface area (Å²) < 4.78 is 7.40. The van der Waals surface area contributed by atoms with Crippen LogP contribution in [0.3, 0.4) is 0 Å². The Morgan fingerprint density at radius 3 is 2.70 bits per heavy atom. The quantitative estimate of drug-likeness (QED) is 0.754. The molecule has 1 aliphatic carbocycles. The number of rotatable bonds is 5. The van der Waals surface area contributed by atoms with Crippen LogP contribution in [0.4, 0.5) is 0 Å². The molecule has 0 spiro atoms. The van der Waals surface area contributed by atoms with Crippen LogP contribution in [0.1, 0.15) is 58.7 Å². The summed E-state index contributed by atoms with van der Waals surface area (Å²) in [5, 5.41) is 0. The van der Waals surface area contributed by atoms with Crippen molar-refractivity contribution < 1.29 is 14.3 Å². The predicted octanol–water partition coefficient (Wildman–Crippen LogP) is 3.82. The number of esters is 1. The number of aryl methyl sites for hydroxylation is 2. The van der Waals surface area contributed by atoms with Crippen molar-refractivity contribution in [1.82, 2.24) is 9.47 Å². The van der Waals surface area contributed by atoms with Gasteiger partial charge in [0.15, 0.2) is 6.61 Å². The molecular formula is C22H28N2O3. The molecule has 0 aliphatic heterocycles. The molecule has 0 radical (unpaired) electrons. The van der Waals surface area contributed by atoms with Gasteiger partial charge in [0, 0.05) is 25.0 Å². The van der Waals surface area contributed by atoms with Crippen molar-refractivity contribution in [3.63, 3.8) is 0 Å². The molecule has 0 bridgehead atoms. The van der Waals surface area contributed by atoms with Crippen LogP contribution in [0, 0.1) is 13.8 Å². The van der Waals surface area contributed by atoms with E-state index in [1.165, 1.54) is 11.1 Å². The highest BCUT2D eigenvalue weighted by Crippen LogP contribution is 2.33. The molecule has 0 saturated carbocycles. The average Bonchev–Trinajstić information content (AvgIpc) is 2.98. The van der Waals surface area contributed by atoms with E-state index in [1.54, 1.807) is 11.9 Å². The molecule has 1 heterocycles. The van der Waals surface area contributed by atoms with Crippen LogP contribution in [0.25, 0.3) is 0 Å². The maximum Gasteiger partial charge on any atom is 0.340 e. The Labute approximate surface area is 160 Å². The molecule has 3 rings (SSSR count). The van der Waals surface area contributed by atoms with Crippen LogP contribution in [0.2, 0.25) is 0 Å². The summed E-state index contributed by atoms with van der Waals surface area (Å²) in [6.45, 7) is 6.47. The summed E-state index contributed by atoms with van der Waals surface area (Å²) in [6, 6.07) is 10.1. The maximum atomic E-state index is 12.6. The minimum atomic E-state index is -0.436. The molecule has 1 amide bonds. The highest BCUT2D eigenvalue weighted by atomic mass is 16.5. The van der Waals surface area contributed by atoms with Crippen LogP contribution < -0.4 is 0 Å². The van der Waals surface area contributed by atoms with E-state index in [0.717, 1.165) is 37.2 Å². The van der Waals surface area contributed by atoms with Gasteiger partial charge in [0.2, 0.25) is 0 Å². The van der Waals surface area contributed by atoms with Crippen molar-refractivity contribution in [3.8, 4) is 0 Å². The van der Waals surface area contributed by atoms with E-state index in [0.29, 0.717) is 5.56 Å². The van der Waals surface area contributed by atoms with Crippen molar-refractivity contribution >= 4 is 11.9 Å². The number of benzene rings is 1. The van der Waals surface area contributed by atoms with Gasteiger partial charge in [0.25, 0.3) is 5.91 Å². The van der Waals surface area contributed by atoms with Crippen molar-refractivity contribution in [2.45, 2.75) is 52.6 Å². The maximum absolute atomic E-state index is 12.6. The molecule has 1 aromatic heterocycles. The summed E-state index contributed by atoms with van der Waals surface area (Å²) in [5.74, 6) is -0.608. The molecule has 1 aliphatic rings. The first-order valence-electron chi connectivity index (χ1n) is 9.61. The summed E-state index contributed by atoms with van der Waals surface area (Å²) in [4.78, 5) is 26.8. The van der Waals surface area contributed by atoms with Gasteiger partial charge in [-0.1, -0.05) is 24.3 Å². The Balaban J connectivity index is 1.65. The molecule has 0 N–H and O–H groups in total. The second-order valence-electron chi connectivity index (χ2n) is 7.22. The number of hydrogen-bond donors (Lipinski definition) is 0. The summed E-state index contributed by atoms with van der Waals surface area (Å²) >= 11 is 0. The Hall–Kier alpha value is -2.56. The Morgan fingerprint density at radius 2 is 2.00 bits per heavy atom. The van der Waals surface area contributed by atoms with E-state index in [4.69, 9.17) is 4.74 Å². The van der Waals surface area contributed by atoms with Gasteiger partial charge in [-0.25, -0.2) is 4.79 Å². The number of ether oxygens (including phenoxy) is 1. The van der Waals surface area contributed by atoms with Gasteiger partial charge >= 0.3 is 5.97 Å². The van der Waals surface area contributed by atoms with E-state index >= 15 is 0 Å². The zero-order chi connectivity index (χ0) is 19.6. The van der Waals surface area contributed by atoms with Gasteiger partial charge in [-0.2, -0.15) is 0 Å². The SMILES string of the molecule is CCn1c(C)cc(C(=O)OCC(=O)N(C)[C@H]2CCCc3ccccc32)c1C. The fourth-order valence-electron chi connectivity index (χ4n) is 4.11. The van der Waals surface area contributed by atoms with E-state index in [2.05, 4.69) is 16.7 Å². The lowest BCUT2D eigenvalue weighted by molar-refractivity contribution is -0.135. The number of amides is 1. The minimum Gasteiger partial charge on any atom is -0.452 e. The molecule has 144 valence electrons. The number of carbonyl (C=O) groups excluding carboxylic acids is 2. The predicted molar refractivity (Wildman–Crippen MR) is 105 cm³/mol. The topological polar surface area (TPSA) is 51.5 Å². The molecule has 0 fully saturated rings. The normalized spacial score (nSPS) is 15.9. The highest BCUT2D eigenvalue weighted by Gasteiger charge is 2.27. The Bertz CT molecular complexity index is 853. The molecule has 0 unspecified atom stereocenters. The van der Waals surface area contributed by atoms with Crippen molar-refractivity contribution in [1.29, 1.82) is 0 Å². The van der Waals surface area contributed by atoms with Crippen LogP contribution >= 0.6 is 0 Å². The second-order valence-corrected chi connectivity index (χ2v) is 7.22. The number of likely N-dealkylation sites (N-methyl/N-ethyl adjacent to an activating group) is 1. The van der Waals surface area contributed by atoms with Crippen LogP contribution in [0.15, 0.2) is 30.3 Å². The second kappa shape index (κ2) is 7.99. The Kier molecular flexibility index (Phi) is 5.68. The molecule has 5 nitrogen and oxygen atoms in total. The van der Waals surface area contributed by atoms with Gasteiger partial charge in [0.1, 0.15) is 0 Å². The first-order valence-corrected chi connectivity index (χ1v) is 9.61. The smallest absolute Gasteiger partial charge is 0.340 e. The lowest BCUT2D eigenvalue weighted by Crippen LogP contribution is -2.36. The van der Waals surface area contributed by atoms with Gasteiger partial charge in [0.05, 0.1) is 11.6 Å². The Morgan fingerprint density at radius 1 is 1.26 bits per heavy atom. The minimum absolute atomic E-state index is 0.0475. The summed E-state index contributed by atoms with van der Waals surface area (Å²) in [5.41, 5.74) is 4.94. The number of aromatic nitrogens is 1. The van der Waals surface area contributed by atoms with E-state index in [1.807, 2.05) is 39.0 Å². The molecule has 2 aromatic rings. The standard InChI is InChI=1S/C22H28N2O3/c1-5-24-15(2)13-19(16(24)3)22(26)27-14-21(25)23(4)20-12-8-10-17-9-6-7-11-18(17)20/h6-7,9,11,13,20H,5,8,10,12,14H2,1-4H3/t20-/m0/s1. The lowest BCUT2D eigenvalue weighted by Gasteiger charge is -2.33. The third-order valence-electron chi connectivity index (χ3n) is 5.64. The zero-order valence-corrected chi connectivity index (χ0v) is 16.6. The third kappa shape index (κ3) is 3.77. The lowest BCUT2D eigenvalue weighted by atomic mass is 9.87. The first kappa shape index (κ1) is 19.2. The number of carbonyl (C=O) groups is 2. The third-order valence-corrected chi connectivity index (χ3v) is 5.64. The summed E-state index contributed by atoms with van der Waals surface area (Å²) in [6.07, 6.45) is 3.05. The van der Waals surface area contributed by atoms with Gasteiger partial charge in [-0.3, -0.25) is 4.79 Å². The molecule has 1 atom stereocenters. The molecule has 5 heteroatoms.